The summed E-state index contributed by atoms with van der Waals surface area (Å²) in [6, 6.07) is 6.31. The van der Waals surface area contributed by atoms with Gasteiger partial charge >= 0.3 is 11.9 Å². The van der Waals surface area contributed by atoms with Gasteiger partial charge < -0.3 is 30.3 Å². The zero-order chi connectivity index (χ0) is 26.7. The van der Waals surface area contributed by atoms with Gasteiger partial charge in [-0.3, -0.25) is 14.4 Å². The second kappa shape index (κ2) is 14.0. The van der Waals surface area contributed by atoms with Crippen LogP contribution in [0, 0.1) is 0 Å². The lowest BCUT2D eigenvalue weighted by molar-refractivity contribution is -0.145. The van der Waals surface area contributed by atoms with Crippen molar-refractivity contribution in [3.05, 3.63) is 41.0 Å². The van der Waals surface area contributed by atoms with Crippen molar-refractivity contribution in [2.45, 2.75) is 20.3 Å². The number of carbonyl (C=O) groups excluding carboxylic acids is 4. The van der Waals surface area contributed by atoms with E-state index in [4.69, 9.17) is 30.3 Å². The number of hydrogen-bond acceptors (Lipinski definition) is 10. The first-order chi connectivity index (χ1) is 17.3. The van der Waals surface area contributed by atoms with Gasteiger partial charge in [-0.05, 0) is 30.5 Å². The Morgan fingerprint density at radius 1 is 0.889 bits per heavy atom. The van der Waals surface area contributed by atoms with Crippen LogP contribution in [-0.4, -0.2) is 85.0 Å². The minimum absolute atomic E-state index is 0.0272. The lowest BCUT2D eigenvalue weighted by atomic mass is 10.1. The number of nitrogens with two attached hydrogens (primary N) is 1. The number of amides is 2. The van der Waals surface area contributed by atoms with Crippen LogP contribution >= 0.6 is 0 Å². The average molecular weight is 506 g/mol. The number of hydroxylamine groups is 1. The third-order valence-corrected chi connectivity index (χ3v) is 5.09. The lowest BCUT2D eigenvalue weighted by Crippen LogP contribution is -2.40. The fourth-order valence-electron chi connectivity index (χ4n) is 3.52. The van der Waals surface area contributed by atoms with E-state index in [2.05, 4.69) is 5.48 Å². The molecule has 0 aromatic rings. The van der Waals surface area contributed by atoms with E-state index in [1.807, 2.05) is 0 Å². The zero-order valence-electron chi connectivity index (χ0n) is 20.2. The zero-order valence-corrected chi connectivity index (χ0v) is 20.2. The Morgan fingerprint density at radius 3 is 1.83 bits per heavy atom. The van der Waals surface area contributed by atoms with Crippen LogP contribution in [0.4, 0.5) is 5.69 Å². The van der Waals surface area contributed by atoms with Gasteiger partial charge in [0.25, 0.3) is 5.91 Å². The number of nitrogen functional groups attached to an aromatic ring is 1. The van der Waals surface area contributed by atoms with Crippen molar-refractivity contribution in [1.82, 2.24) is 10.4 Å². The smallest absolute Gasteiger partial charge is 0.340 e. The van der Waals surface area contributed by atoms with Gasteiger partial charge in [-0.25, -0.2) is 15.1 Å². The summed E-state index contributed by atoms with van der Waals surface area (Å²) < 4.78 is 10.2. The molecule has 2 aliphatic carbocycles. The monoisotopic (exact) mass is 505 g/mol. The van der Waals surface area contributed by atoms with Gasteiger partial charge in [-0.2, -0.15) is 0 Å². The SMILES string of the molecule is CCOC(=O)c1c2ccc(CC(=O)NOCC(=O)N(CCO)CCO)ccc-2c(C(=O)OCC)c1N. The van der Waals surface area contributed by atoms with Crippen molar-refractivity contribution >= 4 is 29.4 Å². The molecule has 0 saturated carbocycles. The molecule has 0 spiro atoms. The Bertz CT molecular complexity index is 996. The summed E-state index contributed by atoms with van der Waals surface area (Å²) >= 11 is 0. The molecule has 36 heavy (non-hydrogen) atoms. The van der Waals surface area contributed by atoms with E-state index >= 15 is 0 Å². The van der Waals surface area contributed by atoms with Crippen LogP contribution in [0.3, 0.4) is 0 Å². The average Bonchev–Trinajstić information content (AvgIpc) is 2.97. The van der Waals surface area contributed by atoms with E-state index in [1.54, 1.807) is 38.1 Å². The summed E-state index contributed by atoms with van der Waals surface area (Å²) in [4.78, 5) is 55.6. The molecule has 0 bridgehead atoms. The molecule has 0 unspecified atom stereocenters. The summed E-state index contributed by atoms with van der Waals surface area (Å²) in [7, 11) is 0. The first-order valence-corrected chi connectivity index (χ1v) is 11.4. The maximum Gasteiger partial charge on any atom is 0.340 e. The van der Waals surface area contributed by atoms with Crippen LogP contribution in [0.15, 0.2) is 24.3 Å². The van der Waals surface area contributed by atoms with Gasteiger partial charge in [0, 0.05) is 13.1 Å². The van der Waals surface area contributed by atoms with Crippen molar-refractivity contribution in [1.29, 1.82) is 0 Å². The topological polar surface area (TPSA) is 178 Å². The van der Waals surface area contributed by atoms with E-state index in [9.17, 15) is 19.2 Å². The van der Waals surface area contributed by atoms with Gasteiger partial charge in [0.2, 0.25) is 5.91 Å². The molecule has 0 atom stereocenters. The number of rotatable bonds is 13. The van der Waals surface area contributed by atoms with Crippen molar-refractivity contribution < 1.29 is 43.7 Å². The third-order valence-electron chi connectivity index (χ3n) is 5.09. The van der Waals surface area contributed by atoms with Crippen molar-refractivity contribution in [2.75, 3.05) is 51.9 Å². The van der Waals surface area contributed by atoms with E-state index in [-0.39, 0.29) is 62.8 Å². The van der Waals surface area contributed by atoms with Gasteiger partial charge in [0.05, 0.1) is 49.7 Å². The Labute approximate surface area is 208 Å². The van der Waals surface area contributed by atoms with E-state index < -0.39 is 30.4 Å². The number of hydrogen-bond donors (Lipinski definition) is 4. The predicted molar refractivity (Wildman–Crippen MR) is 128 cm³/mol. The van der Waals surface area contributed by atoms with Crippen LogP contribution in [0.1, 0.15) is 40.1 Å². The standard InChI is InChI=1S/C24H31N3O9/c1-3-34-23(32)20-16-7-5-15(6-8-17(16)21(22(20)25)24(33)35-4-2)13-18(30)26-36-14-19(31)27(9-11-28)10-12-29/h5-8,28-29H,3-4,9-14,25H2,1-2H3,(H,26,30). The molecule has 0 saturated heterocycles. The molecule has 0 aromatic heterocycles. The molecule has 5 N–H and O–H groups in total. The second-order valence-electron chi connectivity index (χ2n) is 7.49. The highest BCUT2D eigenvalue weighted by molar-refractivity contribution is 6.15. The molecular formula is C24H31N3O9. The third kappa shape index (κ3) is 7.13. The van der Waals surface area contributed by atoms with Gasteiger partial charge in [-0.15, -0.1) is 0 Å². The molecule has 0 fully saturated rings. The van der Waals surface area contributed by atoms with Gasteiger partial charge in [-0.1, -0.05) is 24.3 Å². The van der Waals surface area contributed by atoms with E-state index in [0.717, 1.165) is 0 Å². The predicted octanol–water partition coefficient (Wildman–Crippen LogP) is 0.131. The molecule has 0 aliphatic heterocycles. The van der Waals surface area contributed by atoms with Crippen molar-refractivity contribution in [2.24, 2.45) is 0 Å². The fraction of sp³-hybridized carbons (Fsp3) is 0.417. The molecule has 0 aromatic carbocycles. The van der Waals surface area contributed by atoms with E-state index in [0.29, 0.717) is 16.7 Å². The number of esters is 2. The molecule has 12 nitrogen and oxygen atoms in total. The van der Waals surface area contributed by atoms with Crippen LogP contribution in [0.2, 0.25) is 0 Å². The first-order valence-electron chi connectivity index (χ1n) is 11.4. The Balaban J connectivity index is 2.20. The summed E-state index contributed by atoms with van der Waals surface area (Å²) in [5.74, 6) is -2.44. The van der Waals surface area contributed by atoms with Crippen molar-refractivity contribution in [3.63, 3.8) is 0 Å². The highest BCUT2D eigenvalue weighted by Gasteiger charge is 2.30. The number of aliphatic hydroxyl groups excluding tert-OH is 2. The fourth-order valence-corrected chi connectivity index (χ4v) is 3.52. The normalized spacial score (nSPS) is 10.7. The Kier molecular flexibility index (Phi) is 11.1. The van der Waals surface area contributed by atoms with Gasteiger partial charge in [0.15, 0.2) is 6.61 Å². The van der Waals surface area contributed by atoms with Gasteiger partial charge in [0.1, 0.15) is 0 Å². The number of nitrogens with zero attached hydrogens (tertiary/aromatic N) is 1. The second-order valence-corrected chi connectivity index (χ2v) is 7.49. The minimum atomic E-state index is -0.685. The largest absolute Gasteiger partial charge is 0.462 e. The Morgan fingerprint density at radius 2 is 1.39 bits per heavy atom. The summed E-state index contributed by atoms with van der Waals surface area (Å²) in [6.45, 7) is 2.55. The Hall–Kier alpha value is -3.74. The highest BCUT2D eigenvalue weighted by Crippen LogP contribution is 2.39. The van der Waals surface area contributed by atoms with Crippen LogP contribution < -0.4 is 11.2 Å². The quantitative estimate of drug-likeness (QED) is 0.216. The molecular weight excluding hydrogens is 474 g/mol. The molecule has 196 valence electrons. The molecule has 2 aliphatic rings. The summed E-state index contributed by atoms with van der Waals surface area (Å²) in [5.41, 5.74) is 9.60. The number of fused-ring (bicyclic) bond motifs is 1. The number of ether oxygens (including phenoxy) is 2. The van der Waals surface area contributed by atoms with E-state index in [1.165, 1.54) is 4.90 Å². The minimum Gasteiger partial charge on any atom is -0.462 e. The van der Waals surface area contributed by atoms with Crippen molar-refractivity contribution in [3.8, 4) is 11.1 Å². The molecule has 12 heteroatoms. The number of anilines is 1. The van der Waals surface area contributed by atoms with Crippen LogP contribution in [0.25, 0.3) is 11.1 Å². The first kappa shape index (κ1) is 28.5. The number of carbonyl (C=O) groups is 4. The molecule has 2 rings (SSSR count). The maximum atomic E-state index is 12.5. The molecule has 2 amide bonds. The number of aliphatic hydroxyl groups is 2. The molecule has 0 heterocycles. The number of nitrogens with one attached hydrogen (secondary N) is 1. The van der Waals surface area contributed by atoms with Crippen LogP contribution in [0.5, 0.6) is 0 Å². The summed E-state index contributed by atoms with van der Waals surface area (Å²) in [5, 5.41) is 18.0. The summed E-state index contributed by atoms with van der Waals surface area (Å²) in [6.07, 6.45) is -0.137. The van der Waals surface area contributed by atoms with Crippen LogP contribution in [-0.2, 0) is 30.3 Å². The molecule has 0 radical (unpaired) electrons. The highest BCUT2D eigenvalue weighted by atomic mass is 16.7. The maximum absolute atomic E-state index is 12.5. The lowest BCUT2D eigenvalue weighted by Gasteiger charge is -2.20.